The van der Waals surface area contributed by atoms with Crippen molar-refractivity contribution >= 4 is 7.69 Å². The van der Waals surface area contributed by atoms with Crippen LogP contribution in [0.3, 0.4) is 0 Å². The summed E-state index contributed by atoms with van der Waals surface area (Å²) < 4.78 is 5.01. The zero-order valence-electron chi connectivity index (χ0n) is 5.34. The molecule has 4 nitrogen and oxygen atoms in total. The fraction of sp³-hybridized carbons (Fsp3) is 1.00. The second-order valence-electron chi connectivity index (χ2n) is 1.50. The maximum atomic E-state index is 7.12. The molecule has 0 aromatic heterocycles. The molecule has 1 aliphatic heterocycles. The van der Waals surface area contributed by atoms with E-state index in [0.29, 0.717) is 0 Å². The van der Waals surface area contributed by atoms with E-state index in [0.717, 1.165) is 26.3 Å². The van der Waals surface area contributed by atoms with Gasteiger partial charge in [0.15, 0.2) is 0 Å². The highest BCUT2D eigenvalue weighted by molar-refractivity contribution is 6.13. The van der Waals surface area contributed by atoms with Gasteiger partial charge in [-0.1, -0.05) is 0 Å². The smallest absolute Gasteiger partial charge is 0.430 e. The van der Waals surface area contributed by atoms with E-state index in [1.165, 1.54) is 0 Å². The summed E-state index contributed by atoms with van der Waals surface area (Å²) in [6.07, 6.45) is 0. The minimum absolute atomic E-state index is 0.750. The Balaban J connectivity index is 0.000000187. The van der Waals surface area contributed by atoms with Gasteiger partial charge in [-0.3, -0.25) is 0 Å². The summed E-state index contributed by atoms with van der Waals surface area (Å²) in [6, 6.07) is 0. The minimum Gasteiger partial charge on any atom is -0.430 e. The average Bonchev–Trinajstić information content (AvgIpc) is 1.93. The fourth-order valence-electron chi connectivity index (χ4n) is 0.516. The van der Waals surface area contributed by atoms with Gasteiger partial charge in [0.05, 0.1) is 13.2 Å². The first-order valence-corrected chi connectivity index (χ1v) is 2.92. The molecule has 0 atom stereocenters. The summed E-state index contributed by atoms with van der Waals surface area (Å²) in [7, 11) is -0.750. The lowest BCUT2D eigenvalue weighted by molar-refractivity contribution is 0.109. The van der Waals surface area contributed by atoms with E-state index in [4.69, 9.17) is 14.8 Å². The lowest BCUT2D eigenvalue weighted by Gasteiger charge is -2.10. The summed E-state index contributed by atoms with van der Waals surface area (Å²) in [5.74, 6) is 0. The average molecular weight is 133 g/mol. The first-order chi connectivity index (χ1) is 4.41. The molecule has 5 heteroatoms. The molecule has 1 aliphatic rings. The molecule has 0 aromatic carbocycles. The van der Waals surface area contributed by atoms with Gasteiger partial charge in [0.1, 0.15) is 0 Å². The first-order valence-electron chi connectivity index (χ1n) is 2.92. The van der Waals surface area contributed by atoms with Gasteiger partial charge in [0.2, 0.25) is 0 Å². The topological polar surface area (TPSA) is 61.7 Å². The molecule has 9 heavy (non-hydrogen) atoms. The number of nitrogens with one attached hydrogen (secondary N) is 1. The lowest BCUT2D eigenvalue weighted by atomic mass is 10.5. The molecule has 3 N–H and O–H groups in total. The molecular formula is C4H12BNO3. The van der Waals surface area contributed by atoms with Gasteiger partial charge in [-0.15, -0.1) is 0 Å². The van der Waals surface area contributed by atoms with Gasteiger partial charge in [-0.05, 0) is 0 Å². The third kappa shape index (κ3) is 7.90. The van der Waals surface area contributed by atoms with Crippen LogP contribution in [0.25, 0.3) is 0 Å². The summed E-state index contributed by atoms with van der Waals surface area (Å²) in [6.45, 7) is 3.83. The molecule has 1 saturated heterocycles. The summed E-state index contributed by atoms with van der Waals surface area (Å²) in [5.41, 5.74) is 0. The van der Waals surface area contributed by atoms with Crippen LogP contribution in [0, 0.1) is 0 Å². The molecule has 0 aliphatic carbocycles. The Kier molecular flexibility index (Phi) is 7.82. The highest BCUT2D eigenvalue weighted by Crippen LogP contribution is 1.76. The van der Waals surface area contributed by atoms with Crippen molar-refractivity contribution in [1.29, 1.82) is 0 Å². The Morgan fingerprint density at radius 1 is 1.22 bits per heavy atom. The van der Waals surface area contributed by atoms with Crippen molar-refractivity contribution in [3.05, 3.63) is 0 Å². The number of ether oxygens (including phenoxy) is 1. The Morgan fingerprint density at radius 3 is 1.78 bits per heavy atom. The van der Waals surface area contributed by atoms with Crippen molar-refractivity contribution in [3.63, 3.8) is 0 Å². The standard InChI is InChI=1S/C4H9NO.BH3O2/c1-3-6-4-2-5-1;2-1-3/h5H,1-4H2;1-3H. The van der Waals surface area contributed by atoms with Crippen LogP contribution >= 0.6 is 0 Å². The molecule has 0 saturated carbocycles. The van der Waals surface area contributed by atoms with Crippen molar-refractivity contribution in [3.8, 4) is 0 Å². The largest absolute Gasteiger partial charge is 0.432 e. The maximum Gasteiger partial charge on any atom is 0.432 e. The van der Waals surface area contributed by atoms with Crippen molar-refractivity contribution in [2.45, 2.75) is 0 Å². The van der Waals surface area contributed by atoms with Crippen LogP contribution < -0.4 is 5.32 Å². The third-order valence-corrected chi connectivity index (χ3v) is 0.846. The molecule has 1 fully saturated rings. The number of rotatable bonds is 0. The molecular weight excluding hydrogens is 121 g/mol. The van der Waals surface area contributed by atoms with Crippen molar-refractivity contribution < 1.29 is 14.8 Å². The van der Waals surface area contributed by atoms with Crippen LogP contribution in [0.2, 0.25) is 0 Å². The van der Waals surface area contributed by atoms with Crippen molar-refractivity contribution in [2.75, 3.05) is 26.3 Å². The van der Waals surface area contributed by atoms with E-state index >= 15 is 0 Å². The van der Waals surface area contributed by atoms with Gasteiger partial charge in [0.25, 0.3) is 0 Å². The lowest BCUT2D eigenvalue weighted by Crippen LogP contribution is -2.30. The van der Waals surface area contributed by atoms with Gasteiger partial charge in [-0.2, -0.15) is 0 Å². The zero-order valence-corrected chi connectivity index (χ0v) is 5.34. The summed E-state index contributed by atoms with van der Waals surface area (Å²) >= 11 is 0. The van der Waals surface area contributed by atoms with E-state index in [1.807, 2.05) is 0 Å². The Bertz CT molecular complexity index is 39.6. The van der Waals surface area contributed by atoms with Gasteiger partial charge >= 0.3 is 7.69 Å². The van der Waals surface area contributed by atoms with E-state index in [1.54, 1.807) is 0 Å². The Labute approximate surface area is 55.1 Å². The highest BCUT2D eigenvalue weighted by atomic mass is 16.5. The van der Waals surface area contributed by atoms with E-state index in [2.05, 4.69) is 5.32 Å². The van der Waals surface area contributed by atoms with Crippen molar-refractivity contribution in [2.24, 2.45) is 0 Å². The third-order valence-electron chi connectivity index (χ3n) is 0.846. The van der Waals surface area contributed by atoms with E-state index in [9.17, 15) is 0 Å². The minimum atomic E-state index is -0.750. The normalized spacial score (nSPS) is 17.6. The van der Waals surface area contributed by atoms with Gasteiger partial charge < -0.3 is 20.1 Å². The molecule has 0 unspecified atom stereocenters. The van der Waals surface area contributed by atoms with Crippen LogP contribution in [0.4, 0.5) is 0 Å². The predicted octanol–water partition coefficient (Wildman–Crippen LogP) is -2.16. The molecule has 0 aromatic rings. The van der Waals surface area contributed by atoms with E-state index < -0.39 is 7.69 Å². The zero-order chi connectivity index (χ0) is 6.95. The van der Waals surface area contributed by atoms with Gasteiger partial charge in [0, 0.05) is 13.1 Å². The molecule has 0 bridgehead atoms. The SMILES string of the molecule is C1COCCN1.OBO. The summed E-state index contributed by atoms with van der Waals surface area (Å²) in [5, 5.41) is 17.4. The first kappa shape index (κ1) is 8.90. The van der Waals surface area contributed by atoms with E-state index in [-0.39, 0.29) is 0 Å². The molecule has 0 spiro atoms. The molecule has 0 amide bonds. The predicted molar refractivity (Wildman–Crippen MR) is 35.3 cm³/mol. The second kappa shape index (κ2) is 7.90. The van der Waals surface area contributed by atoms with Crippen LogP contribution in [-0.2, 0) is 4.74 Å². The molecule has 1 rings (SSSR count). The monoisotopic (exact) mass is 133 g/mol. The van der Waals surface area contributed by atoms with Gasteiger partial charge in [-0.25, -0.2) is 0 Å². The van der Waals surface area contributed by atoms with Crippen LogP contribution in [0.1, 0.15) is 0 Å². The molecule has 54 valence electrons. The van der Waals surface area contributed by atoms with Crippen LogP contribution in [-0.4, -0.2) is 44.0 Å². The summed E-state index contributed by atoms with van der Waals surface area (Å²) in [4.78, 5) is 0. The number of hydrogen-bond donors (Lipinski definition) is 3. The Hall–Kier alpha value is -0.0951. The van der Waals surface area contributed by atoms with Crippen LogP contribution in [0.5, 0.6) is 0 Å². The number of hydrogen-bond acceptors (Lipinski definition) is 4. The van der Waals surface area contributed by atoms with Crippen molar-refractivity contribution in [1.82, 2.24) is 5.32 Å². The second-order valence-corrected chi connectivity index (χ2v) is 1.50. The Morgan fingerprint density at radius 2 is 1.67 bits per heavy atom. The highest BCUT2D eigenvalue weighted by Gasteiger charge is 1.92. The quantitative estimate of drug-likeness (QED) is 0.329. The maximum absolute atomic E-state index is 7.12. The van der Waals surface area contributed by atoms with Crippen LogP contribution in [0.15, 0.2) is 0 Å². The number of morpholine rings is 1. The molecule has 0 radical (unpaired) electrons. The molecule has 1 heterocycles. The fourth-order valence-corrected chi connectivity index (χ4v) is 0.516.